The van der Waals surface area contributed by atoms with Crippen LogP contribution in [0, 0.1) is 0 Å². The monoisotopic (exact) mass is 415 g/mol. The largest absolute Gasteiger partial charge is 0.507 e. The number of hydrogen-bond donors (Lipinski definition) is 2. The first-order valence-corrected chi connectivity index (χ1v) is 9.52. The Bertz CT molecular complexity index is 739. The molecule has 0 atom stereocenters. The molecule has 0 fully saturated rings. The summed E-state index contributed by atoms with van der Waals surface area (Å²) >= 11 is 12.2. The molecule has 0 amide bonds. The molecule has 0 aliphatic carbocycles. The number of phenolic OH excluding ortho intramolecular Hbond substituents is 1. The van der Waals surface area contributed by atoms with Gasteiger partial charge in [0.2, 0.25) is 0 Å². The van der Waals surface area contributed by atoms with Crippen LogP contribution in [0.4, 0.5) is 0 Å². The summed E-state index contributed by atoms with van der Waals surface area (Å²) in [4.78, 5) is 0. The Balaban J connectivity index is 0.00000338. The standard InChI is InChI=1S/C21H27Cl2NO.ClH/c1-5-6-7-14-10-16(13-24-21(2,3)4)20(25)17(11-14)15-8-9-18(22)19(23)12-15;/h8-12,24-25H,5-7,13H2,1-4H3;1H. The van der Waals surface area contributed by atoms with E-state index in [2.05, 4.69) is 45.1 Å². The maximum absolute atomic E-state index is 10.8. The van der Waals surface area contributed by atoms with Crippen molar-refractivity contribution in [2.75, 3.05) is 0 Å². The first-order chi connectivity index (χ1) is 11.7. The lowest BCUT2D eigenvalue weighted by molar-refractivity contribution is 0.412. The molecule has 2 rings (SSSR count). The Morgan fingerprint density at radius 3 is 2.31 bits per heavy atom. The molecule has 0 radical (unpaired) electrons. The molecule has 0 saturated carbocycles. The van der Waals surface area contributed by atoms with Crippen LogP contribution in [0.15, 0.2) is 30.3 Å². The number of hydrogen-bond acceptors (Lipinski definition) is 2. The summed E-state index contributed by atoms with van der Waals surface area (Å²) < 4.78 is 0. The normalized spacial score (nSPS) is 11.3. The Kier molecular flexibility index (Phi) is 8.75. The summed E-state index contributed by atoms with van der Waals surface area (Å²) in [7, 11) is 0. The van der Waals surface area contributed by atoms with E-state index in [1.54, 1.807) is 6.07 Å². The molecule has 5 heteroatoms. The maximum Gasteiger partial charge on any atom is 0.127 e. The fourth-order valence-corrected chi connectivity index (χ4v) is 2.96. The van der Waals surface area contributed by atoms with Gasteiger partial charge in [0.15, 0.2) is 0 Å². The van der Waals surface area contributed by atoms with Crippen LogP contribution in [-0.2, 0) is 13.0 Å². The summed E-state index contributed by atoms with van der Waals surface area (Å²) in [6, 6.07) is 9.64. The predicted molar refractivity (Wildman–Crippen MR) is 116 cm³/mol. The number of benzene rings is 2. The molecule has 2 N–H and O–H groups in total. The first-order valence-electron chi connectivity index (χ1n) is 8.76. The Morgan fingerprint density at radius 1 is 1.04 bits per heavy atom. The number of aryl methyl sites for hydroxylation is 1. The fourth-order valence-electron chi connectivity index (χ4n) is 2.66. The van der Waals surface area contributed by atoms with E-state index < -0.39 is 0 Å². The van der Waals surface area contributed by atoms with Gasteiger partial charge in [-0.15, -0.1) is 12.4 Å². The van der Waals surface area contributed by atoms with E-state index in [1.807, 2.05) is 12.1 Å². The van der Waals surface area contributed by atoms with Crippen LogP contribution in [0.25, 0.3) is 11.1 Å². The lowest BCUT2D eigenvalue weighted by Gasteiger charge is -2.22. The number of phenols is 1. The van der Waals surface area contributed by atoms with E-state index in [0.717, 1.165) is 36.0 Å². The van der Waals surface area contributed by atoms with Gasteiger partial charge in [0.05, 0.1) is 10.0 Å². The lowest BCUT2D eigenvalue weighted by Crippen LogP contribution is -2.35. The zero-order valence-electron chi connectivity index (χ0n) is 15.8. The molecule has 0 bridgehead atoms. The smallest absolute Gasteiger partial charge is 0.127 e. The van der Waals surface area contributed by atoms with Gasteiger partial charge in [0.25, 0.3) is 0 Å². The van der Waals surface area contributed by atoms with Gasteiger partial charge in [-0.1, -0.05) is 48.7 Å². The van der Waals surface area contributed by atoms with E-state index in [9.17, 15) is 5.11 Å². The van der Waals surface area contributed by atoms with Crippen LogP contribution in [0.3, 0.4) is 0 Å². The third-order valence-corrected chi connectivity index (χ3v) is 4.85. The van der Waals surface area contributed by atoms with Gasteiger partial charge in [-0.05, 0) is 62.9 Å². The van der Waals surface area contributed by atoms with E-state index in [4.69, 9.17) is 23.2 Å². The maximum atomic E-state index is 10.8. The van der Waals surface area contributed by atoms with Crippen molar-refractivity contribution in [3.63, 3.8) is 0 Å². The predicted octanol–water partition coefficient (Wildman–Crippen LogP) is 7.02. The van der Waals surface area contributed by atoms with Gasteiger partial charge in [0.1, 0.15) is 5.75 Å². The fraction of sp³-hybridized carbons (Fsp3) is 0.429. The molecular formula is C21H28Cl3NO. The van der Waals surface area contributed by atoms with Gasteiger partial charge < -0.3 is 10.4 Å². The molecule has 0 aromatic heterocycles. The van der Waals surface area contributed by atoms with Gasteiger partial charge in [-0.3, -0.25) is 0 Å². The van der Waals surface area contributed by atoms with Crippen molar-refractivity contribution in [1.29, 1.82) is 0 Å². The highest BCUT2D eigenvalue weighted by Crippen LogP contribution is 2.37. The van der Waals surface area contributed by atoms with Crippen LogP contribution in [0.1, 0.15) is 51.7 Å². The van der Waals surface area contributed by atoms with E-state index in [1.165, 1.54) is 5.56 Å². The Labute approximate surface area is 173 Å². The summed E-state index contributed by atoms with van der Waals surface area (Å²) in [6.07, 6.45) is 3.25. The molecule has 0 aliphatic heterocycles. The van der Waals surface area contributed by atoms with Crippen molar-refractivity contribution in [2.24, 2.45) is 0 Å². The van der Waals surface area contributed by atoms with Gasteiger partial charge in [-0.25, -0.2) is 0 Å². The molecule has 0 aliphatic rings. The molecule has 0 saturated heterocycles. The molecule has 0 heterocycles. The Morgan fingerprint density at radius 2 is 1.73 bits per heavy atom. The van der Waals surface area contributed by atoms with E-state index in [0.29, 0.717) is 22.3 Å². The highest BCUT2D eigenvalue weighted by atomic mass is 35.5. The van der Waals surface area contributed by atoms with Crippen molar-refractivity contribution in [2.45, 2.75) is 59.0 Å². The number of aromatic hydroxyl groups is 1. The average Bonchev–Trinajstić information content (AvgIpc) is 2.54. The molecule has 2 nitrogen and oxygen atoms in total. The number of unbranched alkanes of at least 4 members (excludes halogenated alkanes) is 1. The topological polar surface area (TPSA) is 32.3 Å². The highest BCUT2D eigenvalue weighted by Gasteiger charge is 2.15. The molecule has 144 valence electrons. The minimum Gasteiger partial charge on any atom is -0.507 e. The second kappa shape index (κ2) is 9.85. The second-order valence-corrected chi connectivity index (χ2v) is 8.30. The summed E-state index contributed by atoms with van der Waals surface area (Å²) in [5, 5.41) is 15.3. The third kappa shape index (κ3) is 6.35. The number of halogens is 3. The molecule has 0 spiro atoms. The van der Waals surface area contributed by atoms with Crippen molar-refractivity contribution in [3.8, 4) is 16.9 Å². The van der Waals surface area contributed by atoms with E-state index >= 15 is 0 Å². The van der Waals surface area contributed by atoms with E-state index in [-0.39, 0.29) is 17.9 Å². The van der Waals surface area contributed by atoms with Crippen LogP contribution < -0.4 is 5.32 Å². The van der Waals surface area contributed by atoms with Crippen molar-refractivity contribution in [3.05, 3.63) is 51.5 Å². The van der Waals surface area contributed by atoms with Crippen molar-refractivity contribution in [1.82, 2.24) is 5.32 Å². The van der Waals surface area contributed by atoms with Crippen LogP contribution in [-0.4, -0.2) is 10.6 Å². The molecule has 26 heavy (non-hydrogen) atoms. The Hall–Kier alpha value is -0.930. The highest BCUT2D eigenvalue weighted by molar-refractivity contribution is 6.42. The van der Waals surface area contributed by atoms with Gasteiger partial charge >= 0.3 is 0 Å². The van der Waals surface area contributed by atoms with Crippen LogP contribution >= 0.6 is 35.6 Å². The zero-order valence-corrected chi connectivity index (χ0v) is 18.2. The number of nitrogens with one attached hydrogen (secondary N) is 1. The summed E-state index contributed by atoms with van der Waals surface area (Å²) in [5.74, 6) is 0.301. The van der Waals surface area contributed by atoms with Crippen molar-refractivity contribution >= 4 is 35.6 Å². The van der Waals surface area contributed by atoms with Gasteiger partial charge in [-0.2, -0.15) is 0 Å². The minimum absolute atomic E-state index is 0. The number of rotatable bonds is 6. The second-order valence-electron chi connectivity index (χ2n) is 7.49. The van der Waals surface area contributed by atoms with Crippen LogP contribution in [0.2, 0.25) is 10.0 Å². The quantitative estimate of drug-likeness (QED) is 0.530. The third-order valence-electron chi connectivity index (χ3n) is 4.11. The molecule has 2 aromatic carbocycles. The zero-order chi connectivity index (χ0) is 18.6. The summed E-state index contributed by atoms with van der Waals surface area (Å²) in [6.45, 7) is 9.15. The SMILES string of the molecule is CCCCc1cc(CNC(C)(C)C)c(O)c(-c2ccc(Cl)c(Cl)c2)c1.Cl. The van der Waals surface area contributed by atoms with Crippen LogP contribution in [0.5, 0.6) is 5.75 Å². The first kappa shape index (κ1) is 23.1. The average molecular weight is 417 g/mol. The molecule has 0 unspecified atom stereocenters. The minimum atomic E-state index is -0.0182. The molecule has 2 aromatic rings. The van der Waals surface area contributed by atoms with Crippen molar-refractivity contribution < 1.29 is 5.11 Å². The van der Waals surface area contributed by atoms with Gasteiger partial charge in [0, 0.05) is 23.2 Å². The molecular weight excluding hydrogens is 389 g/mol. The lowest BCUT2D eigenvalue weighted by atomic mass is 9.95. The summed E-state index contributed by atoms with van der Waals surface area (Å²) in [5.41, 5.74) is 3.80.